The van der Waals surface area contributed by atoms with Crippen LogP contribution >= 0.6 is 0 Å². The Bertz CT molecular complexity index is 1030. The summed E-state index contributed by atoms with van der Waals surface area (Å²) in [6, 6.07) is 14.9. The molecular formula is C22H19NO4. The number of carbonyl (C=O) groups excluding carboxylic acids is 2. The van der Waals surface area contributed by atoms with Crippen molar-refractivity contribution in [2.45, 2.75) is 12.8 Å². The summed E-state index contributed by atoms with van der Waals surface area (Å²) in [5, 5.41) is 3.26. The van der Waals surface area contributed by atoms with Gasteiger partial charge in [-0.05, 0) is 13.0 Å². The van der Waals surface area contributed by atoms with Gasteiger partial charge in [-0.15, -0.1) is 0 Å². The van der Waals surface area contributed by atoms with Crippen LogP contribution in [0.3, 0.4) is 0 Å². The number of para-hydroxylation sites is 1. The van der Waals surface area contributed by atoms with Crippen molar-refractivity contribution < 1.29 is 19.1 Å². The third-order valence-electron chi connectivity index (χ3n) is 5.10. The van der Waals surface area contributed by atoms with Gasteiger partial charge in [-0.1, -0.05) is 42.5 Å². The molecule has 136 valence electrons. The first kappa shape index (κ1) is 17.1. The van der Waals surface area contributed by atoms with Crippen LogP contribution in [0.5, 0.6) is 5.75 Å². The quantitative estimate of drug-likeness (QED) is 0.849. The molecule has 0 bridgehead atoms. The van der Waals surface area contributed by atoms with Gasteiger partial charge in [-0.2, -0.15) is 0 Å². The Morgan fingerprint density at radius 2 is 1.67 bits per heavy atom. The van der Waals surface area contributed by atoms with Gasteiger partial charge in [0.2, 0.25) is 0 Å². The Balaban J connectivity index is 1.99. The fourth-order valence-corrected chi connectivity index (χ4v) is 3.93. The van der Waals surface area contributed by atoms with Crippen molar-refractivity contribution in [3.05, 3.63) is 82.1 Å². The summed E-state index contributed by atoms with van der Waals surface area (Å²) in [6.07, 6.45) is 0. The van der Waals surface area contributed by atoms with Gasteiger partial charge in [0.25, 0.3) is 0 Å². The van der Waals surface area contributed by atoms with E-state index < -0.39 is 11.9 Å². The number of allylic oxidation sites excluding steroid dienone is 2. The van der Waals surface area contributed by atoms with Gasteiger partial charge in [0.05, 0.1) is 31.4 Å². The van der Waals surface area contributed by atoms with E-state index in [4.69, 9.17) is 9.47 Å². The molecule has 0 saturated carbocycles. The molecule has 27 heavy (non-hydrogen) atoms. The Morgan fingerprint density at radius 1 is 1.00 bits per heavy atom. The van der Waals surface area contributed by atoms with Crippen LogP contribution in [0.25, 0.3) is 5.70 Å². The van der Waals surface area contributed by atoms with E-state index in [0.717, 1.165) is 16.8 Å². The first-order valence-electron chi connectivity index (χ1n) is 8.65. The number of hydrogen-bond acceptors (Lipinski definition) is 5. The van der Waals surface area contributed by atoms with E-state index >= 15 is 0 Å². The minimum absolute atomic E-state index is 0.0853. The number of Topliss-reactive ketones (excluding diaryl/α,β-unsaturated/α-hetero) is 1. The molecule has 5 heteroatoms. The number of carbonyl (C=O) groups is 2. The summed E-state index contributed by atoms with van der Waals surface area (Å²) in [4.78, 5) is 25.9. The van der Waals surface area contributed by atoms with Gasteiger partial charge in [0.1, 0.15) is 5.75 Å². The van der Waals surface area contributed by atoms with E-state index in [0.29, 0.717) is 28.2 Å². The van der Waals surface area contributed by atoms with Crippen molar-refractivity contribution in [1.82, 2.24) is 5.32 Å². The van der Waals surface area contributed by atoms with Gasteiger partial charge in [0, 0.05) is 28.0 Å². The molecule has 1 aliphatic heterocycles. The van der Waals surface area contributed by atoms with E-state index in [1.54, 1.807) is 7.11 Å². The van der Waals surface area contributed by atoms with Crippen molar-refractivity contribution in [1.29, 1.82) is 0 Å². The van der Waals surface area contributed by atoms with Crippen LogP contribution in [0, 0.1) is 0 Å². The molecule has 0 fully saturated rings. The lowest BCUT2D eigenvalue weighted by molar-refractivity contribution is -0.136. The smallest absolute Gasteiger partial charge is 0.336 e. The summed E-state index contributed by atoms with van der Waals surface area (Å²) in [7, 11) is 2.92. The van der Waals surface area contributed by atoms with Crippen molar-refractivity contribution in [3.63, 3.8) is 0 Å². The minimum atomic E-state index is -0.565. The molecule has 0 amide bonds. The van der Waals surface area contributed by atoms with Crippen LogP contribution in [0.2, 0.25) is 0 Å². The zero-order chi connectivity index (χ0) is 19.1. The zero-order valence-electron chi connectivity index (χ0n) is 15.3. The average Bonchev–Trinajstić information content (AvgIpc) is 2.98. The van der Waals surface area contributed by atoms with Gasteiger partial charge in [-0.3, -0.25) is 4.79 Å². The molecule has 1 unspecified atom stereocenters. The largest absolute Gasteiger partial charge is 0.496 e. The molecule has 1 N–H and O–H groups in total. The number of methoxy groups -OCH3 is 2. The maximum atomic E-state index is 13.3. The van der Waals surface area contributed by atoms with E-state index in [2.05, 4.69) is 5.32 Å². The second-order valence-electron chi connectivity index (χ2n) is 6.49. The number of nitrogens with one attached hydrogen (secondary N) is 1. The molecule has 0 saturated heterocycles. The predicted molar refractivity (Wildman–Crippen MR) is 101 cm³/mol. The summed E-state index contributed by atoms with van der Waals surface area (Å²) in [6.45, 7) is 1.82. The number of ether oxygens (including phenoxy) is 2. The fourth-order valence-electron chi connectivity index (χ4n) is 3.93. The summed E-state index contributed by atoms with van der Waals surface area (Å²) in [5.41, 5.74) is 4.62. The molecule has 2 aromatic carbocycles. The second-order valence-corrected chi connectivity index (χ2v) is 6.49. The van der Waals surface area contributed by atoms with Crippen molar-refractivity contribution in [2.24, 2.45) is 0 Å². The third-order valence-corrected chi connectivity index (χ3v) is 5.10. The second kappa shape index (κ2) is 6.43. The van der Waals surface area contributed by atoms with Crippen molar-refractivity contribution in [2.75, 3.05) is 14.2 Å². The summed E-state index contributed by atoms with van der Waals surface area (Å²) in [5.74, 6) is -0.497. The molecule has 1 heterocycles. The monoisotopic (exact) mass is 361 g/mol. The van der Waals surface area contributed by atoms with Crippen LogP contribution in [0.4, 0.5) is 0 Å². The fraction of sp³-hybridized carbons (Fsp3) is 0.182. The number of benzene rings is 2. The lowest BCUT2D eigenvalue weighted by Crippen LogP contribution is -2.29. The van der Waals surface area contributed by atoms with Crippen LogP contribution in [0.15, 0.2) is 65.4 Å². The highest BCUT2D eigenvalue weighted by molar-refractivity contribution is 6.23. The zero-order valence-corrected chi connectivity index (χ0v) is 15.3. The Labute approximate surface area is 157 Å². The van der Waals surface area contributed by atoms with Gasteiger partial charge in [-0.25, -0.2) is 4.79 Å². The first-order chi connectivity index (χ1) is 13.1. The van der Waals surface area contributed by atoms with E-state index in [9.17, 15) is 9.59 Å². The first-order valence-corrected chi connectivity index (χ1v) is 8.65. The normalized spacial score (nSPS) is 18.0. The SMILES string of the molecule is COC(=O)C1=C(C)NC2=C(C(=O)c3ccccc32)C1c1ccccc1OC. The Hall–Kier alpha value is -3.34. The predicted octanol–water partition coefficient (Wildman–Crippen LogP) is 3.44. The number of dihydropyridines is 1. The van der Waals surface area contributed by atoms with Crippen molar-refractivity contribution in [3.8, 4) is 5.75 Å². The van der Waals surface area contributed by atoms with Crippen LogP contribution in [0.1, 0.15) is 34.3 Å². The highest BCUT2D eigenvalue weighted by Gasteiger charge is 2.43. The van der Waals surface area contributed by atoms with Crippen LogP contribution in [-0.2, 0) is 9.53 Å². The standard InChI is InChI=1S/C22H19NO4/c1-12-17(22(25)27-3)18(15-10-6-7-11-16(15)26-2)19-20(23-12)13-8-4-5-9-14(13)21(19)24/h4-11,18,23H,1-3H3. The lowest BCUT2D eigenvalue weighted by Gasteiger charge is -2.29. The van der Waals surface area contributed by atoms with Crippen LogP contribution in [-0.4, -0.2) is 26.0 Å². The number of ketones is 1. The molecule has 2 aromatic rings. The Kier molecular flexibility index (Phi) is 4.07. The topological polar surface area (TPSA) is 64.6 Å². The van der Waals surface area contributed by atoms with Crippen LogP contribution < -0.4 is 10.1 Å². The molecule has 1 atom stereocenters. The van der Waals surface area contributed by atoms with Gasteiger partial charge < -0.3 is 14.8 Å². The van der Waals surface area contributed by atoms with Gasteiger partial charge >= 0.3 is 5.97 Å². The highest BCUT2D eigenvalue weighted by Crippen LogP contribution is 2.48. The van der Waals surface area contributed by atoms with E-state index in [-0.39, 0.29) is 5.78 Å². The average molecular weight is 361 g/mol. The number of esters is 1. The molecule has 1 aliphatic carbocycles. The molecule has 0 aromatic heterocycles. The molecule has 5 nitrogen and oxygen atoms in total. The Morgan fingerprint density at radius 3 is 2.37 bits per heavy atom. The van der Waals surface area contributed by atoms with E-state index in [1.807, 2.05) is 55.5 Å². The molecule has 0 spiro atoms. The van der Waals surface area contributed by atoms with E-state index in [1.165, 1.54) is 7.11 Å². The highest BCUT2D eigenvalue weighted by atomic mass is 16.5. The minimum Gasteiger partial charge on any atom is -0.496 e. The molecule has 2 aliphatic rings. The molecular weight excluding hydrogens is 342 g/mol. The number of hydrogen-bond donors (Lipinski definition) is 1. The summed E-state index contributed by atoms with van der Waals surface area (Å²) >= 11 is 0. The van der Waals surface area contributed by atoms with Gasteiger partial charge in [0.15, 0.2) is 5.78 Å². The van der Waals surface area contributed by atoms with Crippen molar-refractivity contribution >= 4 is 17.4 Å². The molecule has 4 rings (SSSR count). The lowest BCUT2D eigenvalue weighted by atomic mass is 9.79. The third kappa shape index (κ3) is 2.46. The summed E-state index contributed by atoms with van der Waals surface area (Å²) < 4.78 is 10.6. The number of fused-ring (bicyclic) bond motifs is 2. The maximum Gasteiger partial charge on any atom is 0.336 e. The molecule has 0 radical (unpaired) electrons. The maximum absolute atomic E-state index is 13.3. The number of rotatable bonds is 3.